The van der Waals surface area contributed by atoms with Crippen LogP contribution in [0.1, 0.15) is 38.0 Å². The maximum Gasteiger partial charge on any atom is 0.231 e. The molecular formula is C17H21ClN4O2. The summed E-state index contributed by atoms with van der Waals surface area (Å²) in [5.41, 5.74) is 6.58. The molecule has 2 unspecified atom stereocenters. The topological polar surface area (TPSA) is 85.3 Å². The van der Waals surface area contributed by atoms with Gasteiger partial charge in [-0.2, -0.15) is 4.98 Å². The summed E-state index contributed by atoms with van der Waals surface area (Å²) in [7, 11) is 0. The van der Waals surface area contributed by atoms with Crippen molar-refractivity contribution in [1.29, 1.82) is 0 Å². The van der Waals surface area contributed by atoms with Crippen LogP contribution in [-0.2, 0) is 4.79 Å². The van der Waals surface area contributed by atoms with Crippen LogP contribution in [0.3, 0.4) is 0 Å². The van der Waals surface area contributed by atoms with Crippen LogP contribution in [-0.4, -0.2) is 40.1 Å². The molecule has 7 heteroatoms. The normalized spacial score (nSPS) is 19.3. The summed E-state index contributed by atoms with van der Waals surface area (Å²) >= 11 is 5.90. The van der Waals surface area contributed by atoms with Gasteiger partial charge >= 0.3 is 0 Å². The van der Waals surface area contributed by atoms with Crippen molar-refractivity contribution in [2.75, 3.05) is 13.1 Å². The lowest BCUT2D eigenvalue weighted by Crippen LogP contribution is -2.41. The summed E-state index contributed by atoms with van der Waals surface area (Å²) in [6.45, 7) is 3.21. The molecule has 1 saturated heterocycles. The molecule has 1 aromatic heterocycles. The minimum absolute atomic E-state index is 0.0735. The van der Waals surface area contributed by atoms with Gasteiger partial charge in [0.2, 0.25) is 17.6 Å². The van der Waals surface area contributed by atoms with Crippen molar-refractivity contribution in [3.05, 3.63) is 35.2 Å². The van der Waals surface area contributed by atoms with Crippen LogP contribution in [0.25, 0.3) is 11.4 Å². The Morgan fingerprint density at radius 1 is 1.46 bits per heavy atom. The lowest BCUT2D eigenvalue weighted by Gasteiger charge is -2.31. The molecule has 2 N–H and O–H groups in total. The Morgan fingerprint density at radius 2 is 2.21 bits per heavy atom. The molecule has 3 rings (SSSR count). The van der Waals surface area contributed by atoms with Crippen LogP contribution >= 0.6 is 11.6 Å². The minimum Gasteiger partial charge on any atom is -0.342 e. The highest BCUT2D eigenvalue weighted by Gasteiger charge is 2.28. The lowest BCUT2D eigenvalue weighted by atomic mass is 9.97. The molecule has 0 saturated carbocycles. The second kappa shape index (κ2) is 7.32. The van der Waals surface area contributed by atoms with Crippen molar-refractivity contribution in [1.82, 2.24) is 15.0 Å². The molecule has 24 heavy (non-hydrogen) atoms. The summed E-state index contributed by atoms with van der Waals surface area (Å²) in [6.07, 6.45) is 2.23. The molecule has 1 aliphatic rings. The van der Waals surface area contributed by atoms with Crippen LogP contribution in [0.4, 0.5) is 0 Å². The fourth-order valence-electron chi connectivity index (χ4n) is 2.93. The van der Waals surface area contributed by atoms with Crippen LogP contribution in [0.15, 0.2) is 28.8 Å². The second-order valence-corrected chi connectivity index (χ2v) is 6.76. The molecule has 1 aliphatic heterocycles. The molecular weight excluding hydrogens is 328 g/mol. The van der Waals surface area contributed by atoms with Gasteiger partial charge in [0.05, 0.1) is 5.92 Å². The van der Waals surface area contributed by atoms with Crippen LogP contribution in [0.2, 0.25) is 5.02 Å². The first kappa shape index (κ1) is 16.9. The maximum atomic E-state index is 12.2. The molecule has 0 bridgehead atoms. The number of aromatic nitrogens is 2. The molecule has 1 amide bonds. The third-order valence-corrected chi connectivity index (χ3v) is 4.42. The van der Waals surface area contributed by atoms with Crippen molar-refractivity contribution in [2.24, 2.45) is 5.73 Å². The van der Waals surface area contributed by atoms with E-state index in [1.54, 1.807) is 12.1 Å². The quantitative estimate of drug-likeness (QED) is 0.918. The van der Waals surface area contributed by atoms with Crippen molar-refractivity contribution < 1.29 is 9.32 Å². The predicted molar refractivity (Wildman–Crippen MR) is 91.6 cm³/mol. The Morgan fingerprint density at radius 3 is 2.92 bits per heavy atom. The van der Waals surface area contributed by atoms with E-state index >= 15 is 0 Å². The maximum absolute atomic E-state index is 12.2. The van der Waals surface area contributed by atoms with Gasteiger partial charge in [0.1, 0.15) is 0 Å². The van der Waals surface area contributed by atoms with Gasteiger partial charge in [-0.15, -0.1) is 0 Å². The molecule has 2 heterocycles. The average Bonchev–Trinajstić information content (AvgIpc) is 3.05. The van der Waals surface area contributed by atoms with Crippen molar-refractivity contribution in [3.63, 3.8) is 0 Å². The van der Waals surface area contributed by atoms with E-state index in [1.807, 2.05) is 24.0 Å². The van der Waals surface area contributed by atoms with Gasteiger partial charge in [-0.05, 0) is 44.0 Å². The summed E-state index contributed by atoms with van der Waals surface area (Å²) < 4.78 is 5.44. The molecule has 128 valence electrons. The fourth-order valence-corrected chi connectivity index (χ4v) is 3.05. The standard InChI is InChI=1S/C17H21ClN4O2/c1-11(19)9-15(23)22-8-2-3-13(10-22)17-20-16(21-24-17)12-4-6-14(18)7-5-12/h4-7,11,13H,2-3,8-10,19H2,1H3. The molecule has 0 aliphatic carbocycles. The second-order valence-electron chi connectivity index (χ2n) is 6.32. The van der Waals surface area contributed by atoms with E-state index in [1.165, 1.54) is 0 Å². The molecule has 0 spiro atoms. The molecule has 2 aromatic rings. The van der Waals surface area contributed by atoms with Crippen molar-refractivity contribution in [2.45, 2.75) is 38.1 Å². The van der Waals surface area contributed by atoms with Crippen molar-refractivity contribution >= 4 is 17.5 Å². The third-order valence-electron chi connectivity index (χ3n) is 4.16. The van der Waals surface area contributed by atoms with Crippen LogP contribution < -0.4 is 5.73 Å². The Balaban J connectivity index is 1.70. The summed E-state index contributed by atoms with van der Waals surface area (Å²) in [4.78, 5) is 18.6. The number of rotatable bonds is 4. The number of amides is 1. The highest BCUT2D eigenvalue weighted by Crippen LogP contribution is 2.28. The van der Waals surface area contributed by atoms with E-state index in [0.29, 0.717) is 29.7 Å². The first-order valence-corrected chi connectivity index (χ1v) is 8.53. The zero-order chi connectivity index (χ0) is 17.1. The number of carbonyl (C=O) groups excluding carboxylic acids is 1. The predicted octanol–water partition coefficient (Wildman–Crippen LogP) is 2.83. The van der Waals surface area contributed by atoms with E-state index in [9.17, 15) is 4.79 Å². The number of hydrogen-bond donors (Lipinski definition) is 1. The lowest BCUT2D eigenvalue weighted by molar-refractivity contribution is -0.132. The van der Waals surface area contributed by atoms with Gasteiger partial charge in [0, 0.05) is 36.1 Å². The monoisotopic (exact) mass is 348 g/mol. The Hall–Kier alpha value is -1.92. The van der Waals surface area contributed by atoms with Gasteiger partial charge in [-0.25, -0.2) is 0 Å². The number of nitrogens with two attached hydrogens (primary N) is 1. The van der Waals surface area contributed by atoms with Gasteiger partial charge in [0.15, 0.2) is 0 Å². The number of nitrogens with zero attached hydrogens (tertiary/aromatic N) is 3. The highest BCUT2D eigenvalue weighted by atomic mass is 35.5. The smallest absolute Gasteiger partial charge is 0.231 e. The zero-order valence-electron chi connectivity index (χ0n) is 13.6. The van der Waals surface area contributed by atoms with Gasteiger partial charge < -0.3 is 15.2 Å². The number of carbonyl (C=O) groups is 1. The minimum atomic E-state index is -0.127. The summed E-state index contributed by atoms with van der Waals surface area (Å²) in [6, 6.07) is 7.17. The Bertz CT molecular complexity index is 699. The third kappa shape index (κ3) is 3.94. The molecule has 0 radical (unpaired) electrons. The number of benzene rings is 1. The number of hydrogen-bond acceptors (Lipinski definition) is 5. The SMILES string of the molecule is CC(N)CC(=O)N1CCCC(c2nc(-c3ccc(Cl)cc3)no2)C1. The fraction of sp³-hybridized carbons (Fsp3) is 0.471. The van der Waals surface area contributed by atoms with Crippen molar-refractivity contribution in [3.8, 4) is 11.4 Å². The number of halogens is 1. The average molecular weight is 349 g/mol. The van der Waals surface area contributed by atoms with Gasteiger partial charge in [0.25, 0.3) is 0 Å². The Kier molecular flexibility index (Phi) is 5.16. The van der Waals surface area contributed by atoms with E-state index in [-0.39, 0.29) is 17.9 Å². The van der Waals surface area contributed by atoms with Crippen LogP contribution in [0.5, 0.6) is 0 Å². The summed E-state index contributed by atoms with van der Waals surface area (Å²) in [5.74, 6) is 1.29. The number of likely N-dealkylation sites (tertiary alicyclic amines) is 1. The van der Waals surface area contributed by atoms with Gasteiger partial charge in [-0.3, -0.25) is 4.79 Å². The molecule has 2 atom stereocenters. The van der Waals surface area contributed by atoms with E-state index < -0.39 is 0 Å². The summed E-state index contributed by atoms with van der Waals surface area (Å²) in [5, 5.41) is 4.72. The van der Waals surface area contributed by atoms with E-state index in [4.69, 9.17) is 21.9 Å². The van der Waals surface area contributed by atoms with E-state index in [0.717, 1.165) is 24.9 Å². The van der Waals surface area contributed by atoms with Crippen LogP contribution in [0, 0.1) is 0 Å². The largest absolute Gasteiger partial charge is 0.342 e. The highest BCUT2D eigenvalue weighted by molar-refractivity contribution is 6.30. The molecule has 1 fully saturated rings. The number of piperidine rings is 1. The van der Waals surface area contributed by atoms with E-state index in [2.05, 4.69) is 10.1 Å². The Labute approximate surface area is 146 Å². The van der Waals surface area contributed by atoms with Gasteiger partial charge in [-0.1, -0.05) is 16.8 Å². The molecule has 1 aromatic carbocycles. The molecule has 6 nitrogen and oxygen atoms in total. The zero-order valence-corrected chi connectivity index (χ0v) is 14.4. The first-order chi connectivity index (χ1) is 11.5. The first-order valence-electron chi connectivity index (χ1n) is 8.16.